The fourth-order valence-corrected chi connectivity index (χ4v) is 2.77. The van der Waals surface area contributed by atoms with E-state index < -0.39 is 35.1 Å². The highest BCUT2D eigenvalue weighted by atomic mass is 16.6. The second-order valence-corrected chi connectivity index (χ2v) is 6.62. The summed E-state index contributed by atoms with van der Waals surface area (Å²) < 4.78 is 5.26. The van der Waals surface area contributed by atoms with Gasteiger partial charge in [-0.05, 0) is 39.3 Å². The summed E-state index contributed by atoms with van der Waals surface area (Å²) in [6.45, 7) is 6.26. The van der Waals surface area contributed by atoms with Gasteiger partial charge < -0.3 is 14.9 Å². The third-order valence-corrected chi connectivity index (χ3v) is 3.80. The molecular weight excluding hydrogens is 302 g/mol. The van der Waals surface area contributed by atoms with Crippen LogP contribution in [0.15, 0.2) is 24.3 Å². The zero-order chi connectivity index (χ0) is 17.6. The summed E-state index contributed by atoms with van der Waals surface area (Å²) in [5.74, 6) is -2.72. The molecule has 2 rings (SSSR count). The average molecular weight is 321 g/mol. The smallest absolute Gasteiger partial charge is 0.415 e. The third kappa shape index (κ3) is 2.62. The predicted octanol–water partition coefficient (Wildman–Crippen LogP) is 2.24. The molecule has 124 valence electrons. The van der Waals surface area contributed by atoms with Crippen LogP contribution in [0, 0.1) is 0 Å². The highest BCUT2D eigenvalue weighted by Crippen LogP contribution is 2.46. The quantitative estimate of drug-likeness (QED) is 0.865. The third-order valence-electron chi connectivity index (χ3n) is 3.80. The van der Waals surface area contributed by atoms with E-state index in [1.807, 2.05) is 0 Å². The van der Waals surface area contributed by atoms with Crippen molar-refractivity contribution in [2.45, 2.75) is 44.8 Å². The standard InChI is InChI=1S/C16H19NO6/c1-15(2,3)23-14(22)17-10-8-6-5-7-9(10)16(4,13(20)21)11(17)12(18)19/h5-8,11H,1-4H3,(H,18,19)(H,20,21)/t11-,16+/m1/s1. The molecule has 1 aliphatic heterocycles. The molecule has 0 bridgehead atoms. The molecule has 0 fully saturated rings. The number of rotatable bonds is 2. The Balaban J connectivity index is 2.64. The highest BCUT2D eigenvalue weighted by molar-refractivity contribution is 6.06. The van der Waals surface area contributed by atoms with Gasteiger partial charge in [-0.25, -0.2) is 9.59 Å². The molecule has 23 heavy (non-hydrogen) atoms. The monoisotopic (exact) mass is 321 g/mol. The van der Waals surface area contributed by atoms with Crippen LogP contribution >= 0.6 is 0 Å². The summed E-state index contributed by atoms with van der Waals surface area (Å²) in [5.41, 5.74) is -2.10. The van der Waals surface area contributed by atoms with E-state index in [2.05, 4.69) is 0 Å². The maximum Gasteiger partial charge on any atom is 0.415 e. The van der Waals surface area contributed by atoms with Crippen LogP contribution in [0.25, 0.3) is 0 Å². The normalized spacial score (nSPS) is 23.3. The molecular formula is C16H19NO6. The van der Waals surface area contributed by atoms with Crippen molar-refractivity contribution in [3.05, 3.63) is 29.8 Å². The zero-order valence-corrected chi connectivity index (χ0v) is 13.4. The van der Waals surface area contributed by atoms with Gasteiger partial charge in [0.1, 0.15) is 11.0 Å². The van der Waals surface area contributed by atoms with E-state index >= 15 is 0 Å². The number of amides is 1. The zero-order valence-electron chi connectivity index (χ0n) is 13.4. The van der Waals surface area contributed by atoms with Crippen LogP contribution in [0.5, 0.6) is 0 Å². The fraction of sp³-hybridized carbons (Fsp3) is 0.438. The predicted molar refractivity (Wildman–Crippen MR) is 81.6 cm³/mol. The van der Waals surface area contributed by atoms with E-state index in [1.54, 1.807) is 32.9 Å². The molecule has 1 aliphatic rings. The van der Waals surface area contributed by atoms with Gasteiger partial charge in [-0.2, -0.15) is 0 Å². The molecule has 2 N–H and O–H groups in total. The minimum atomic E-state index is -1.76. The Morgan fingerprint density at radius 1 is 1.17 bits per heavy atom. The molecule has 1 heterocycles. The lowest BCUT2D eigenvalue weighted by Gasteiger charge is -2.31. The van der Waals surface area contributed by atoms with Gasteiger partial charge in [0.25, 0.3) is 0 Å². The number of benzene rings is 1. The van der Waals surface area contributed by atoms with Crippen LogP contribution in [0.2, 0.25) is 0 Å². The summed E-state index contributed by atoms with van der Waals surface area (Å²) in [4.78, 5) is 37.0. The molecule has 0 radical (unpaired) electrons. The minimum Gasteiger partial charge on any atom is -0.481 e. The molecule has 1 aromatic carbocycles. The molecule has 7 nitrogen and oxygen atoms in total. The Labute approximate surface area is 133 Å². The van der Waals surface area contributed by atoms with Crippen molar-refractivity contribution in [3.63, 3.8) is 0 Å². The summed E-state index contributed by atoms with van der Waals surface area (Å²) in [5, 5.41) is 19.2. The molecule has 0 spiro atoms. The van der Waals surface area contributed by atoms with Crippen molar-refractivity contribution < 1.29 is 29.3 Å². The second-order valence-electron chi connectivity index (χ2n) is 6.62. The number of hydrogen-bond acceptors (Lipinski definition) is 4. The first kappa shape index (κ1) is 16.8. The van der Waals surface area contributed by atoms with Gasteiger partial charge in [0.05, 0.1) is 5.69 Å². The number of carboxylic acids is 2. The van der Waals surface area contributed by atoms with Gasteiger partial charge in [-0.15, -0.1) is 0 Å². The van der Waals surface area contributed by atoms with Gasteiger partial charge in [0.15, 0.2) is 6.04 Å². The number of para-hydroxylation sites is 1. The summed E-state index contributed by atoms with van der Waals surface area (Å²) >= 11 is 0. The van der Waals surface area contributed by atoms with Crippen molar-refractivity contribution in [1.82, 2.24) is 0 Å². The number of anilines is 1. The van der Waals surface area contributed by atoms with E-state index in [9.17, 15) is 24.6 Å². The number of nitrogens with zero attached hydrogens (tertiary/aromatic N) is 1. The number of carboxylic acid groups (broad SMARTS) is 2. The van der Waals surface area contributed by atoms with E-state index in [1.165, 1.54) is 19.1 Å². The van der Waals surface area contributed by atoms with Crippen LogP contribution in [-0.2, 0) is 19.7 Å². The van der Waals surface area contributed by atoms with Crippen LogP contribution in [-0.4, -0.2) is 39.9 Å². The molecule has 0 unspecified atom stereocenters. The van der Waals surface area contributed by atoms with Crippen LogP contribution in [0.4, 0.5) is 10.5 Å². The largest absolute Gasteiger partial charge is 0.481 e. The Morgan fingerprint density at radius 2 is 1.74 bits per heavy atom. The van der Waals surface area contributed by atoms with Gasteiger partial charge in [-0.3, -0.25) is 9.69 Å². The molecule has 1 aromatic rings. The van der Waals surface area contributed by atoms with Gasteiger partial charge in [-0.1, -0.05) is 18.2 Å². The summed E-state index contributed by atoms with van der Waals surface area (Å²) in [7, 11) is 0. The highest BCUT2D eigenvalue weighted by Gasteiger charge is 2.59. The maximum absolute atomic E-state index is 12.5. The lowest BCUT2D eigenvalue weighted by Crippen LogP contribution is -2.55. The Kier molecular flexibility index (Phi) is 3.84. The van der Waals surface area contributed by atoms with Gasteiger partial charge in [0.2, 0.25) is 0 Å². The molecule has 0 aromatic heterocycles. The average Bonchev–Trinajstić information content (AvgIpc) is 2.68. The first-order valence-electron chi connectivity index (χ1n) is 7.08. The number of aliphatic carboxylic acids is 2. The Hall–Kier alpha value is -2.57. The lowest BCUT2D eigenvalue weighted by atomic mass is 9.78. The number of carbonyl (C=O) groups excluding carboxylic acids is 1. The molecule has 0 saturated heterocycles. The van der Waals surface area contributed by atoms with E-state index in [4.69, 9.17) is 4.74 Å². The van der Waals surface area contributed by atoms with Gasteiger partial charge in [0, 0.05) is 0 Å². The number of hydrogen-bond donors (Lipinski definition) is 2. The molecule has 1 amide bonds. The van der Waals surface area contributed by atoms with E-state index in [0.717, 1.165) is 4.90 Å². The second kappa shape index (κ2) is 5.26. The topological polar surface area (TPSA) is 104 Å². The first-order valence-corrected chi connectivity index (χ1v) is 7.08. The van der Waals surface area contributed by atoms with Crippen molar-refractivity contribution >= 4 is 23.7 Å². The van der Waals surface area contributed by atoms with Crippen molar-refractivity contribution in [2.24, 2.45) is 0 Å². The van der Waals surface area contributed by atoms with E-state index in [-0.39, 0.29) is 11.3 Å². The number of ether oxygens (including phenoxy) is 1. The summed E-state index contributed by atoms with van der Waals surface area (Å²) in [6.07, 6.45) is -0.887. The Morgan fingerprint density at radius 3 is 2.22 bits per heavy atom. The summed E-state index contributed by atoms with van der Waals surface area (Å²) in [6, 6.07) is 4.67. The van der Waals surface area contributed by atoms with Crippen LogP contribution in [0.3, 0.4) is 0 Å². The minimum absolute atomic E-state index is 0.235. The van der Waals surface area contributed by atoms with Gasteiger partial charge >= 0.3 is 18.0 Å². The number of fused-ring (bicyclic) bond motifs is 1. The van der Waals surface area contributed by atoms with Crippen molar-refractivity contribution in [1.29, 1.82) is 0 Å². The Bertz CT molecular complexity index is 677. The fourth-order valence-electron chi connectivity index (χ4n) is 2.77. The lowest BCUT2D eigenvalue weighted by molar-refractivity contribution is -0.150. The van der Waals surface area contributed by atoms with E-state index in [0.29, 0.717) is 0 Å². The van der Waals surface area contributed by atoms with Crippen LogP contribution in [0.1, 0.15) is 33.3 Å². The first-order chi connectivity index (χ1) is 10.5. The molecule has 0 aliphatic carbocycles. The molecule has 2 atom stereocenters. The maximum atomic E-state index is 12.5. The van der Waals surface area contributed by atoms with Crippen molar-refractivity contribution in [3.8, 4) is 0 Å². The number of carbonyl (C=O) groups is 3. The van der Waals surface area contributed by atoms with Crippen LogP contribution < -0.4 is 4.90 Å². The van der Waals surface area contributed by atoms with Crippen molar-refractivity contribution in [2.75, 3.05) is 4.90 Å². The molecule has 7 heteroatoms. The molecule has 0 saturated carbocycles. The SMILES string of the molecule is CC(C)(C)OC(=O)N1c2ccccc2[C@](C)(C(=O)O)[C@H]1C(=O)O.